The van der Waals surface area contributed by atoms with Crippen LogP contribution < -0.4 is 4.90 Å². The second-order valence-electron chi connectivity index (χ2n) is 11.5. The van der Waals surface area contributed by atoms with Crippen molar-refractivity contribution >= 4 is 34.4 Å². The number of carbonyl (C=O) groups is 3. The highest BCUT2D eigenvalue weighted by Crippen LogP contribution is 2.74. The van der Waals surface area contributed by atoms with E-state index in [0.29, 0.717) is 5.69 Å². The zero-order valence-electron chi connectivity index (χ0n) is 23.3. The van der Waals surface area contributed by atoms with Gasteiger partial charge in [-0.3, -0.25) is 14.4 Å². The molecule has 2 bridgehead atoms. The molecule has 0 spiro atoms. The van der Waals surface area contributed by atoms with Crippen molar-refractivity contribution in [3.8, 4) is 0 Å². The Hall–Kier alpha value is -5.35. The van der Waals surface area contributed by atoms with Crippen LogP contribution in [-0.2, 0) is 25.2 Å². The average molecular weight is 558 g/mol. The van der Waals surface area contributed by atoms with Crippen LogP contribution in [0.4, 0.5) is 5.69 Å². The predicted octanol–water partition coefficient (Wildman–Crippen LogP) is 6.88. The topological polar surface area (TPSA) is 54.5 Å². The Morgan fingerprint density at radius 1 is 0.419 bits per heavy atom. The molecule has 8 rings (SSSR count). The Morgan fingerprint density at radius 3 is 1.12 bits per heavy atom. The lowest BCUT2D eigenvalue weighted by Crippen LogP contribution is -2.45. The van der Waals surface area contributed by atoms with Gasteiger partial charge in [-0.1, -0.05) is 140 Å². The van der Waals surface area contributed by atoms with Gasteiger partial charge in [0.1, 0.15) is 0 Å². The standard InChI is InChI=1S/C39H27NO3/c41-35-33-34(36(42)40(35)30-24-14-5-15-25-30)39(29-22-12-4-13-23-29)32(27-18-8-2-9-19-27)31(26-16-6-1-7-17-26)38(33,37(39)43)28-20-10-3-11-21-28/h1-25,33-34H. The second kappa shape index (κ2) is 9.33. The van der Waals surface area contributed by atoms with Crippen LogP contribution in [0.5, 0.6) is 0 Å². The zero-order valence-corrected chi connectivity index (χ0v) is 23.3. The predicted molar refractivity (Wildman–Crippen MR) is 167 cm³/mol. The zero-order chi connectivity index (χ0) is 29.2. The summed E-state index contributed by atoms with van der Waals surface area (Å²) in [6.07, 6.45) is 0. The van der Waals surface area contributed by atoms with Crippen molar-refractivity contribution in [1.29, 1.82) is 0 Å². The molecule has 4 atom stereocenters. The van der Waals surface area contributed by atoms with E-state index in [1.807, 2.05) is 140 Å². The van der Waals surface area contributed by atoms with Crippen LogP contribution in [-0.4, -0.2) is 17.6 Å². The fourth-order valence-electron chi connectivity index (χ4n) is 8.17. The van der Waals surface area contributed by atoms with E-state index >= 15 is 4.79 Å². The summed E-state index contributed by atoms with van der Waals surface area (Å²) in [5.74, 6) is -2.62. The van der Waals surface area contributed by atoms with Gasteiger partial charge in [0, 0.05) is 0 Å². The van der Waals surface area contributed by atoms with E-state index in [4.69, 9.17) is 0 Å². The van der Waals surface area contributed by atoms with Crippen molar-refractivity contribution in [3.63, 3.8) is 0 Å². The van der Waals surface area contributed by atoms with Crippen LogP contribution in [0.1, 0.15) is 22.3 Å². The summed E-state index contributed by atoms with van der Waals surface area (Å²) < 4.78 is 0. The SMILES string of the molecule is O=C1C2C(C(=O)N1c1ccccc1)C1(c3ccccc3)C(=O)C2(c2ccccc2)C(c2ccccc2)=C1c1ccccc1. The van der Waals surface area contributed by atoms with Crippen molar-refractivity contribution < 1.29 is 14.4 Å². The molecule has 1 aliphatic heterocycles. The van der Waals surface area contributed by atoms with Gasteiger partial charge in [0.15, 0.2) is 5.78 Å². The van der Waals surface area contributed by atoms with Gasteiger partial charge in [-0.05, 0) is 45.5 Å². The van der Waals surface area contributed by atoms with Crippen molar-refractivity contribution in [3.05, 3.63) is 174 Å². The van der Waals surface area contributed by atoms with Gasteiger partial charge in [-0.2, -0.15) is 0 Å². The van der Waals surface area contributed by atoms with E-state index in [-0.39, 0.29) is 17.6 Å². The molecule has 43 heavy (non-hydrogen) atoms. The molecule has 5 aromatic rings. The minimum Gasteiger partial charge on any atom is -0.297 e. The normalized spacial score (nSPS) is 25.9. The number of imide groups is 1. The van der Waals surface area contributed by atoms with Gasteiger partial charge in [0.2, 0.25) is 11.8 Å². The van der Waals surface area contributed by atoms with E-state index in [1.165, 1.54) is 4.90 Å². The smallest absolute Gasteiger partial charge is 0.239 e. The molecule has 0 radical (unpaired) electrons. The van der Waals surface area contributed by atoms with Crippen molar-refractivity contribution in [1.82, 2.24) is 0 Å². The van der Waals surface area contributed by atoms with Gasteiger partial charge in [-0.25, -0.2) is 4.90 Å². The number of nitrogens with zero attached hydrogens (tertiary/aromatic N) is 1. The van der Waals surface area contributed by atoms with E-state index in [0.717, 1.165) is 33.4 Å². The minimum atomic E-state index is -1.38. The van der Waals surface area contributed by atoms with E-state index in [2.05, 4.69) is 0 Å². The molecule has 2 aliphatic carbocycles. The summed E-state index contributed by atoms with van der Waals surface area (Å²) in [6.45, 7) is 0. The first-order chi connectivity index (χ1) is 21.1. The molecule has 2 fully saturated rings. The molecule has 1 heterocycles. The monoisotopic (exact) mass is 557 g/mol. The van der Waals surface area contributed by atoms with E-state index < -0.39 is 22.7 Å². The lowest BCUT2D eigenvalue weighted by Gasteiger charge is -2.39. The van der Waals surface area contributed by atoms with E-state index in [9.17, 15) is 9.59 Å². The number of Topliss-reactive ketones (excluding diaryl/α,β-unsaturated/α-hetero) is 1. The average Bonchev–Trinajstić information content (AvgIpc) is 3.59. The quantitative estimate of drug-likeness (QED) is 0.222. The second-order valence-corrected chi connectivity index (χ2v) is 11.5. The third-order valence-corrected chi connectivity index (χ3v) is 9.59. The molecule has 4 heteroatoms. The lowest BCUT2D eigenvalue weighted by molar-refractivity contribution is -0.130. The number of hydrogen-bond donors (Lipinski definition) is 0. The van der Waals surface area contributed by atoms with Gasteiger partial charge in [0.25, 0.3) is 0 Å². The van der Waals surface area contributed by atoms with Crippen LogP contribution >= 0.6 is 0 Å². The molecule has 1 saturated carbocycles. The van der Waals surface area contributed by atoms with Gasteiger partial charge >= 0.3 is 0 Å². The largest absolute Gasteiger partial charge is 0.297 e. The van der Waals surface area contributed by atoms with Crippen molar-refractivity contribution in [2.24, 2.45) is 11.8 Å². The Kier molecular flexibility index (Phi) is 5.51. The maximum absolute atomic E-state index is 15.8. The molecular weight excluding hydrogens is 530 g/mol. The van der Waals surface area contributed by atoms with Crippen LogP contribution in [0.3, 0.4) is 0 Å². The summed E-state index contributed by atoms with van der Waals surface area (Å²) in [4.78, 5) is 46.8. The number of ketones is 1. The summed E-state index contributed by atoms with van der Waals surface area (Å²) in [5.41, 5.74) is 2.56. The van der Waals surface area contributed by atoms with Gasteiger partial charge in [0.05, 0.1) is 28.4 Å². The summed E-state index contributed by atoms with van der Waals surface area (Å²) >= 11 is 0. The van der Waals surface area contributed by atoms with Crippen LogP contribution in [0.15, 0.2) is 152 Å². The molecule has 0 aromatic heterocycles. The first-order valence-electron chi connectivity index (χ1n) is 14.6. The highest BCUT2D eigenvalue weighted by Gasteiger charge is 2.82. The number of allylic oxidation sites excluding steroid dienone is 2. The Balaban J connectivity index is 1.57. The fourth-order valence-corrected chi connectivity index (χ4v) is 8.17. The molecule has 5 aromatic carbocycles. The van der Waals surface area contributed by atoms with Crippen LogP contribution in [0.25, 0.3) is 11.1 Å². The molecule has 1 saturated heterocycles. The van der Waals surface area contributed by atoms with Crippen molar-refractivity contribution in [2.45, 2.75) is 10.8 Å². The number of benzene rings is 5. The highest BCUT2D eigenvalue weighted by atomic mass is 16.2. The summed E-state index contributed by atoms with van der Waals surface area (Å²) in [7, 11) is 0. The Labute approximate surface area is 249 Å². The van der Waals surface area contributed by atoms with Gasteiger partial charge in [-0.15, -0.1) is 0 Å². The molecule has 4 nitrogen and oxygen atoms in total. The number of fused-ring (bicyclic) bond motifs is 5. The molecular formula is C39H27NO3. The van der Waals surface area contributed by atoms with Crippen LogP contribution in [0, 0.1) is 11.8 Å². The first kappa shape index (κ1) is 25.4. The lowest BCUT2D eigenvalue weighted by atomic mass is 9.59. The molecule has 3 aliphatic rings. The number of carbonyl (C=O) groups excluding carboxylic acids is 3. The fraction of sp³-hybridized carbons (Fsp3) is 0.103. The first-order valence-corrected chi connectivity index (χ1v) is 14.6. The molecule has 0 N–H and O–H groups in total. The van der Waals surface area contributed by atoms with Crippen molar-refractivity contribution in [2.75, 3.05) is 4.90 Å². The third kappa shape index (κ3) is 3.13. The number of rotatable bonds is 5. The Morgan fingerprint density at radius 2 is 0.744 bits per heavy atom. The number of hydrogen-bond acceptors (Lipinski definition) is 3. The third-order valence-electron chi connectivity index (χ3n) is 9.59. The minimum absolute atomic E-state index is 0.112. The summed E-state index contributed by atoms with van der Waals surface area (Å²) in [5, 5.41) is 0. The van der Waals surface area contributed by atoms with Crippen LogP contribution in [0.2, 0.25) is 0 Å². The Bertz CT molecular complexity index is 1800. The summed E-state index contributed by atoms with van der Waals surface area (Å²) in [6, 6.07) is 48.1. The molecule has 4 unspecified atom stereocenters. The van der Waals surface area contributed by atoms with Gasteiger partial charge < -0.3 is 0 Å². The number of para-hydroxylation sites is 1. The molecule has 206 valence electrons. The maximum Gasteiger partial charge on any atom is 0.239 e. The number of amides is 2. The van der Waals surface area contributed by atoms with E-state index in [1.54, 1.807) is 12.1 Å². The highest BCUT2D eigenvalue weighted by molar-refractivity contribution is 6.39. The molecule has 2 amide bonds. The maximum atomic E-state index is 15.8. The number of anilines is 1.